The molecule has 1 unspecified atom stereocenters. The fraction of sp³-hybridized carbons (Fsp3) is 0.500. The summed E-state index contributed by atoms with van der Waals surface area (Å²) in [7, 11) is 3.22. The molecule has 3 rings (SSSR count). The third-order valence-corrected chi connectivity index (χ3v) is 10.7. The topological polar surface area (TPSA) is 27.7 Å². The van der Waals surface area contributed by atoms with Crippen LogP contribution in [-0.2, 0) is 13.6 Å². The highest BCUT2D eigenvalue weighted by molar-refractivity contribution is 7.09. The second kappa shape index (κ2) is 13.9. The van der Waals surface area contributed by atoms with Gasteiger partial charge in [-0.1, -0.05) is 75.2 Å². The second-order valence-corrected chi connectivity index (χ2v) is 12.0. The van der Waals surface area contributed by atoms with Gasteiger partial charge in [0, 0.05) is 26.2 Å². The molecule has 0 aliphatic carbocycles. The van der Waals surface area contributed by atoms with Crippen molar-refractivity contribution in [3.8, 4) is 0 Å². The highest BCUT2D eigenvalue weighted by atomic mass is 32.1. The number of thiophene rings is 1. The van der Waals surface area contributed by atoms with Crippen molar-refractivity contribution in [1.82, 2.24) is 0 Å². The zero-order chi connectivity index (χ0) is 21.6. The molecule has 1 aromatic heterocycles. The standard InChI is InChI=1S/C11H24O3Si.C8H8.C5H6S/c1-5-8-11(12-2)9-6-7-10-15(11,13-3)14-4;1-2-8-6-4-3-5-7-8;1-5-3-2-4-6-5/h5-10H2,1-4H3;2-7H,1H2;2-4H,1H3. The van der Waals surface area contributed by atoms with Gasteiger partial charge in [-0.15, -0.1) is 11.3 Å². The van der Waals surface area contributed by atoms with Crippen LogP contribution in [0, 0.1) is 6.92 Å². The fourth-order valence-electron chi connectivity index (χ4n) is 3.87. The molecule has 2 aromatic rings. The Hall–Kier alpha value is -1.24. The van der Waals surface area contributed by atoms with Gasteiger partial charge < -0.3 is 13.6 Å². The maximum atomic E-state index is 5.83. The van der Waals surface area contributed by atoms with E-state index in [2.05, 4.69) is 37.9 Å². The normalized spacial score (nSPS) is 19.9. The van der Waals surface area contributed by atoms with Gasteiger partial charge in [-0.05, 0) is 42.8 Å². The molecule has 162 valence electrons. The summed E-state index contributed by atoms with van der Waals surface area (Å²) in [5.74, 6) is 0. The number of methoxy groups -OCH3 is 1. The first-order valence-corrected chi connectivity index (χ1v) is 13.3. The van der Waals surface area contributed by atoms with E-state index in [4.69, 9.17) is 13.6 Å². The van der Waals surface area contributed by atoms with Gasteiger partial charge in [0.25, 0.3) is 0 Å². The quantitative estimate of drug-likeness (QED) is 0.457. The molecule has 0 saturated carbocycles. The Morgan fingerprint density at radius 2 is 1.76 bits per heavy atom. The van der Waals surface area contributed by atoms with Gasteiger partial charge in [0.1, 0.15) is 5.22 Å². The highest BCUT2D eigenvalue weighted by Crippen LogP contribution is 2.42. The number of hydrogen-bond acceptors (Lipinski definition) is 4. The summed E-state index contributed by atoms with van der Waals surface area (Å²) in [5.41, 5.74) is 1.17. The van der Waals surface area contributed by atoms with Crippen LogP contribution in [0.5, 0.6) is 0 Å². The number of benzene rings is 1. The van der Waals surface area contributed by atoms with Crippen LogP contribution < -0.4 is 0 Å². The van der Waals surface area contributed by atoms with Gasteiger partial charge in [-0.25, -0.2) is 0 Å². The Kier molecular flexibility index (Phi) is 12.3. The number of hydrogen-bond donors (Lipinski definition) is 0. The molecule has 1 atom stereocenters. The number of aryl methyl sites for hydroxylation is 1. The van der Waals surface area contributed by atoms with Crippen LogP contribution >= 0.6 is 11.3 Å². The van der Waals surface area contributed by atoms with Crippen LogP contribution in [0.1, 0.15) is 49.5 Å². The lowest BCUT2D eigenvalue weighted by atomic mass is 10.1. The van der Waals surface area contributed by atoms with Gasteiger partial charge in [0.2, 0.25) is 0 Å². The predicted octanol–water partition coefficient (Wildman–Crippen LogP) is 7.02. The molecular weight excluding hydrogens is 396 g/mol. The van der Waals surface area contributed by atoms with Crippen LogP contribution in [0.3, 0.4) is 0 Å². The molecule has 0 N–H and O–H groups in total. The zero-order valence-electron chi connectivity index (χ0n) is 18.8. The summed E-state index contributed by atoms with van der Waals surface area (Å²) in [6, 6.07) is 15.2. The zero-order valence-corrected chi connectivity index (χ0v) is 20.6. The third kappa shape index (κ3) is 7.50. The number of ether oxygens (including phenoxy) is 1. The monoisotopic (exact) mass is 434 g/mol. The lowest BCUT2D eigenvalue weighted by Gasteiger charge is -2.47. The molecule has 1 saturated heterocycles. The maximum absolute atomic E-state index is 5.83. The van der Waals surface area contributed by atoms with Gasteiger partial charge in [-0.2, -0.15) is 0 Å². The van der Waals surface area contributed by atoms with Gasteiger partial charge in [0.05, 0.1) is 0 Å². The molecule has 5 heteroatoms. The summed E-state index contributed by atoms with van der Waals surface area (Å²) in [5, 5.41) is 1.96. The summed E-state index contributed by atoms with van der Waals surface area (Å²) >= 11 is 1.78. The third-order valence-electron chi connectivity index (χ3n) is 5.43. The molecule has 29 heavy (non-hydrogen) atoms. The van der Waals surface area contributed by atoms with Crippen molar-refractivity contribution in [2.75, 3.05) is 21.3 Å². The minimum atomic E-state index is -2.15. The van der Waals surface area contributed by atoms with Crippen molar-refractivity contribution < 1.29 is 13.6 Å². The smallest absolute Gasteiger partial charge is 0.370 e. The van der Waals surface area contributed by atoms with E-state index >= 15 is 0 Å². The Bertz CT molecular complexity index is 652. The largest absolute Gasteiger partial charge is 0.396 e. The van der Waals surface area contributed by atoms with Crippen molar-refractivity contribution >= 4 is 26.0 Å². The molecule has 0 spiro atoms. The average Bonchev–Trinajstić information content (AvgIpc) is 3.26. The van der Waals surface area contributed by atoms with E-state index in [9.17, 15) is 0 Å². The lowest BCUT2D eigenvalue weighted by Crippen LogP contribution is -2.64. The molecule has 0 radical (unpaired) electrons. The molecule has 1 aliphatic rings. The highest BCUT2D eigenvalue weighted by Gasteiger charge is 2.58. The molecule has 1 fully saturated rings. The van der Waals surface area contributed by atoms with Crippen molar-refractivity contribution in [3.63, 3.8) is 0 Å². The van der Waals surface area contributed by atoms with Crippen LogP contribution in [0.15, 0.2) is 54.4 Å². The van der Waals surface area contributed by atoms with E-state index in [1.807, 2.05) is 36.4 Å². The maximum Gasteiger partial charge on any atom is 0.370 e. The van der Waals surface area contributed by atoms with Crippen LogP contribution in [-0.4, -0.2) is 35.1 Å². The Morgan fingerprint density at radius 3 is 2.14 bits per heavy atom. The average molecular weight is 435 g/mol. The van der Waals surface area contributed by atoms with Crippen LogP contribution in [0.2, 0.25) is 6.04 Å². The first-order valence-electron chi connectivity index (χ1n) is 10.4. The van der Waals surface area contributed by atoms with Gasteiger partial charge in [-0.3, -0.25) is 0 Å². The van der Waals surface area contributed by atoms with Gasteiger partial charge >= 0.3 is 8.56 Å². The minimum Gasteiger partial charge on any atom is -0.396 e. The summed E-state index contributed by atoms with van der Waals surface area (Å²) in [6.07, 6.45) is 7.54. The van der Waals surface area contributed by atoms with E-state index in [0.717, 1.165) is 25.3 Å². The van der Waals surface area contributed by atoms with E-state index in [1.54, 1.807) is 32.7 Å². The molecule has 1 aromatic carbocycles. The van der Waals surface area contributed by atoms with Crippen molar-refractivity contribution in [2.24, 2.45) is 0 Å². The predicted molar refractivity (Wildman–Crippen MR) is 129 cm³/mol. The minimum absolute atomic E-state index is 0.122. The Balaban J connectivity index is 0.000000248. The van der Waals surface area contributed by atoms with Gasteiger partial charge in [0.15, 0.2) is 0 Å². The Morgan fingerprint density at radius 1 is 1.07 bits per heavy atom. The molecule has 2 heterocycles. The summed E-state index contributed by atoms with van der Waals surface area (Å²) in [4.78, 5) is 1.38. The lowest BCUT2D eigenvalue weighted by molar-refractivity contribution is -0.0149. The van der Waals surface area contributed by atoms with E-state index in [1.165, 1.54) is 23.3 Å². The summed E-state index contributed by atoms with van der Waals surface area (Å²) in [6.45, 7) is 7.93. The molecule has 0 bridgehead atoms. The van der Waals surface area contributed by atoms with Crippen molar-refractivity contribution in [3.05, 3.63) is 64.9 Å². The van der Waals surface area contributed by atoms with E-state index < -0.39 is 8.56 Å². The fourth-order valence-corrected chi connectivity index (χ4v) is 8.39. The summed E-state index contributed by atoms with van der Waals surface area (Å²) < 4.78 is 17.4. The van der Waals surface area contributed by atoms with Crippen LogP contribution in [0.25, 0.3) is 6.08 Å². The molecule has 3 nitrogen and oxygen atoms in total. The SMILES string of the molecule is C=Cc1ccccc1.CCCC1(OC)CCCC[Si]1(OC)OC.Cc1cccs1. The van der Waals surface area contributed by atoms with E-state index in [-0.39, 0.29) is 5.22 Å². The molecular formula is C24H38O3SSi. The molecule has 1 aliphatic heterocycles. The van der Waals surface area contributed by atoms with Crippen molar-refractivity contribution in [1.29, 1.82) is 0 Å². The van der Waals surface area contributed by atoms with E-state index in [0.29, 0.717) is 0 Å². The first-order chi connectivity index (χ1) is 14.0. The number of rotatable bonds is 6. The molecule has 0 amide bonds. The Labute approximate surface area is 183 Å². The second-order valence-electron chi connectivity index (χ2n) is 7.16. The van der Waals surface area contributed by atoms with Crippen molar-refractivity contribution in [2.45, 2.75) is 57.2 Å². The first kappa shape index (κ1) is 25.8. The van der Waals surface area contributed by atoms with Crippen LogP contribution in [0.4, 0.5) is 0 Å².